The fourth-order valence-electron chi connectivity index (χ4n) is 8.66. The van der Waals surface area contributed by atoms with Gasteiger partial charge in [0.2, 0.25) is 0 Å². The third-order valence-electron chi connectivity index (χ3n) is 12.1. The topological polar surface area (TPSA) is 24.5 Å². The number of unbranched alkanes of at least 4 members (excludes halogenated alkanes) is 2. The predicted molar refractivity (Wildman–Crippen MR) is 234 cm³/mol. The minimum atomic E-state index is 0. The van der Waals surface area contributed by atoms with Crippen molar-refractivity contribution in [2.24, 2.45) is 18.9 Å². The Balaban J connectivity index is 0.000000842. The number of halogens is 1. The third kappa shape index (κ3) is 22.8. The molecular weight excluding hydrogens is 907 g/mol. The molecule has 4 nitrogen and oxygen atoms in total. The van der Waals surface area contributed by atoms with Crippen molar-refractivity contribution in [3.05, 3.63) is 98.1 Å². The molecule has 4 fully saturated rings. The molecule has 0 bridgehead atoms. The summed E-state index contributed by atoms with van der Waals surface area (Å²) in [5, 5.41) is 0. The summed E-state index contributed by atoms with van der Waals surface area (Å²) in [6.45, 7) is 2.29. The van der Waals surface area contributed by atoms with E-state index >= 15 is 0 Å². The van der Waals surface area contributed by atoms with E-state index in [9.17, 15) is 0 Å². The second-order valence-electron chi connectivity index (χ2n) is 16.5. The van der Waals surface area contributed by atoms with E-state index in [1.54, 1.807) is 0 Å². The molecule has 4 heterocycles. The molecule has 4 aliphatic carbocycles. The van der Waals surface area contributed by atoms with Crippen LogP contribution in [0.25, 0.3) is 22.3 Å². The van der Waals surface area contributed by atoms with Crippen LogP contribution in [0.4, 0.5) is 0 Å². The van der Waals surface area contributed by atoms with Crippen molar-refractivity contribution in [3.63, 3.8) is 0 Å². The summed E-state index contributed by atoms with van der Waals surface area (Å²) in [5.74, 6) is 2.07. The summed E-state index contributed by atoms with van der Waals surface area (Å²) < 4.78 is 6.69. The maximum absolute atomic E-state index is 4.07. The Bertz CT molecular complexity index is 1460. The van der Waals surface area contributed by atoms with E-state index in [0.29, 0.717) is 0 Å². The zero-order valence-corrected chi connectivity index (χ0v) is 39.0. The number of pyridine rings is 4. The molecule has 0 N–H and O–H groups in total. The molecule has 326 valence electrons. The number of nitrogens with zero attached hydrogens (tertiary/aromatic N) is 4. The van der Waals surface area contributed by atoms with Gasteiger partial charge in [-0.25, -0.2) is 13.7 Å². The van der Waals surface area contributed by atoms with Gasteiger partial charge in [-0.1, -0.05) is 143 Å². The van der Waals surface area contributed by atoms with E-state index < -0.39 is 0 Å². The van der Waals surface area contributed by atoms with Gasteiger partial charge < -0.3 is 24.0 Å². The predicted octanol–water partition coefficient (Wildman–Crippen LogP) is 10.4. The molecule has 4 aromatic rings. The van der Waals surface area contributed by atoms with Crippen LogP contribution < -0.4 is 37.7 Å². The van der Waals surface area contributed by atoms with Crippen LogP contribution in [-0.2, 0) is 54.3 Å². The maximum atomic E-state index is 4.07. The molecule has 0 saturated heterocycles. The molecule has 0 spiro atoms. The number of aryl methyl sites for hydroxylation is 3. The van der Waals surface area contributed by atoms with Crippen LogP contribution in [0.2, 0.25) is 0 Å². The number of hydrogen-bond acceptors (Lipinski definition) is 1. The van der Waals surface area contributed by atoms with E-state index in [1.165, 1.54) is 176 Å². The van der Waals surface area contributed by atoms with Crippen molar-refractivity contribution >= 4 is 0 Å². The summed E-state index contributed by atoms with van der Waals surface area (Å²) in [5.41, 5.74) is 5.08. The molecule has 4 aliphatic rings. The maximum Gasteiger partial charge on any atom is 0.169 e. The van der Waals surface area contributed by atoms with Crippen LogP contribution in [0.3, 0.4) is 0 Å². The van der Waals surface area contributed by atoms with Gasteiger partial charge in [-0.2, -0.15) is 0 Å². The Kier molecular flexibility index (Phi) is 34.0. The van der Waals surface area contributed by atoms with E-state index in [4.69, 9.17) is 0 Å². The third-order valence-corrected chi connectivity index (χ3v) is 12.1. The Morgan fingerprint density at radius 2 is 0.724 bits per heavy atom. The number of hydrogen-bond donors (Lipinski definition) is 0. The first-order chi connectivity index (χ1) is 26.2. The Morgan fingerprint density at radius 1 is 0.431 bits per heavy atom. The molecule has 0 amide bonds. The SMILES string of the molecule is C.C.C1CCCC1.C1CCCC1.C[n+]1ccc(-c2cc[n+](CCCCC3CCCC3)cc2)cc1.[Fe].[Fe].[I-].c1cc(-c2cc[n+](CCCCC3CCCC3)cc2)ccn1. The first kappa shape index (κ1) is 56.4. The number of rotatable bonds is 12. The van der Waals surface area contributed by atoms with Gasteiger partial charge >= 0.3 is 0 Å². The van der Waals surface area contributed by atoms with Gasteiger partial charge in [0.1, 0.15) is 20.1 Å². The normalized spacial score (nSPS) is 15.5. The molecular formula is C51H81Fe2IN4+2. The zero-order valence-electron chi connectivity index (χ0n) is 34.7. The minimum Gasteiger partial charge on any atom is -1.00 e. The van der Waals surface area contributed by atoms with Gasteiger partial charge in [0.05, 0.1) is 0 Å². The van der Waals surface area contributed by atoms with Crippen molar-refractivity contribution in [2.45, 2.75) is 182 Å². The minimum absolute atomic E-state index is 0. The zero-order chi connectivity index (χ0) is 36.6. The van der Waals surface area contributed by atoms with Crippen LogP contribution in [0.5, 0.6) is 0 Å². The van der Waals surface area contributed by atoms with Crippen molar-refractivity contribution in [1.29, 1.82) is 0 Å². The molecule has 4 aromatic heterocycles. The molecule has 7 heteroatoms. The van der Waals surface area contributed by atoms with Gasteiger partial charge in [-0.15, -0.1) is 0 Å². The largest absolute Gasteiger partial charge is 1.00 e. The van der Waals surface area contributed by atoms with Gasteiger partial charge in [0.25, 0.3) is 0 Å². The van der Waals surface area contributed by atoms with Gasteiger partial charge in [0, 0.05) is 95.8 Å². The summed E-state index contributed by atoms with van der Waals surface area (Å²) in [6, 6.07) is 17.3. The Morgan fingerprint density at radius 3 is 1.05 bits per heavy atom. The second-order valence-corrected chi connectivity index (χ2v) is 16.5. The first-order valence-electron chi connectivity index (χ1n) is 22.1. The molecule has 0 aromatic carbocycles. The van der Waals surface area contributed by atoms with E-state index in [2.05, 4.69) is 104 Å². The summed E-state index contributed by atoms with van der Waals surface area (Å²) in [4.78, 5) is 4.07. The molecule has 4 saturated carbocycles. The van der Waals surface area contributed by atoms with Crippen molar-refractivity contribution in [3.8, 4) is 22.3 Å². The standard InChI is InChI=1S/C20H28N2.C19H25N2.2C5H10.2CH4.2Fe.HI/c1-21-14-9-19(10-15-21)20-11-16-22(17-12-20)13-5-4-8-18-6-2-3-7-18;1-2-6-17(5-1)7-3-4-14-21-15-10-19(11-16-21)18-8-12-20-13-9-18;2*1-2-4-5-3-1;;;;;/h9-12,14-18H,2-8,13H2,1H3;8-13,15-17H,1-7,14H2;2*1-5H2;2*1H4;;;1H/q+2;+1;;;;;;;/p-1. The smallest absolute Gasteiger partial charge is 0.169 e. The van der Waals surface area contributed by atoms with Crippen LogP contribution in [0.15, 0.2) is 98.1 Å². The quantitative estimate of drug-likeness (QED) is 0.0601. The van der Waals surface area contributed by atoms with Crippen LogP contribution in [-0.4, -0.2) is 4.98 Å². The molecule has 0 radical (unpaired) electrons. The Labute approximate surface area is 395 Å². The van der Waals surface area contributed by atoms with Gasteiger partial charge in [-0.3, -0.25) is 4.98 Å². The number of aromatic nitrogens is 4. The molecule has 58 heavy (non-hydrogen) atoms. The van der Waals surface area contributed by atoms with Crippen LogP contribution in [0, 0.1) is 11.8 Å². The van der Waals surface area contributed by atoms with E-state index in [-0.39, 0.29) is 73.0 Å². The first-order valence-corrected chi connectivity index (χ1v) is 22.1. The summed E-state index contributed by atoms with van der Waals surface area (Å²) >= 11 is 0. The fraction of sp³-hybridized carbons (Fsp3) is 0.608. The van der Waals surface area contributed by atoms with Crippen LogP contribution in [0.1, 0.15) is 169 Å². The summed E-state index contributed by atoms with van der Waals surface area (Å²) in [6.07, 6.45) is 51.8. The molecule has 8 rings (SSSR count). The summed E-state index contributed by atoms with van der Waals surface area (Å²) in [7, 11) is 2.05. The van der Waals surface area contributed by atoms with Crippen molar-refractivity contribution < 1.29 is 71.8 Å². The van der Waals surface area contributed by atoms with E-state index in [1.807, 2.05) is 19.4 Å². The van der Waals surface area contributed by atoms with E-state index in [0.717, 1.165) is 24.9 Å². The molecule has 0 atom stereocenters. The molecule has 0 aliphatic heterocycles. The Hall–Kier alpha value is -1.63. The van der Waals surface area contributed by atoms with Gasteiger partial charge in [-0.05, 0) is 59.1 Å². The average Bonchev–Trinajstić information content (AvgIpc) is 4.07. The molecule has 0 unspecified atom stereocenters. The van der Waals surface area contributed by atoms with Crippen molar-refractivity contribution in [2.75, 3.05) is 0 Å². The van der Waals surface area contributed by atoms with Crippen LogP contribution >= 0.6 is 0 Å². The van der Waals surface area contributed by atoms with Crippen molar-refractivity contribution in [1.82, 2.24) is 4.98 Å². The van der Waals surface area contributed by atoms with Gasteiger partial charge in [0.15, 0.2) is 37.2 Å². The monoisotopic (exact) mass is 988 g/mol. The average molecular weight is 989 g/mol. The fourth-order valence-corrected chi connectivity index (χ4v) is 8.66. The second kappa shape index (κ2) is 35.0.